The van der Waals surface area contributed by atoms with Crippen molar-refractivity contribution in [3.63, 3.8) is 0 Å². The Balaban J connectivity index is 1.89. The molecule has 0 unspecified atom stereocenters. The van der Waals surface area contributed by atoms with Crippen molar-refractivity contribution in [3.8, 4) is 17.3 Å². The molecule has 0 amide bonds. The molecule has 3 heterocycles. The van der Waals surface area contributed by atoms with Gasteiger partial charge in [0.25, 0.3) is 0 Å². The first-order chi connectivity index (χ1) is 13.0. The van der Waals surface area contributed by atoms with Gasteiger partial charge in [0.1, 0.15) is 5.58 Å². The number of aromatic nitrogens is 1. The smallest absolute Gasteiger partial charge is 0.345 e. The van der Waals surface area contributed by atoms with Crippen molar-refractivity contribution in [1.82, 2.24) is 4.98 Å². The van der Waals surface area contributed by atoms with E-state index in [2.05, 4.69) is 20.9 Å². The molecule has 134 valence electrons. The summed E-state index contributed by atoms with van der Waals surface area (Å²) in [4.78, 5) is 29.5. The number of hydrogen-bond acceptors (Lipinski definition) is 6. The second kappa shape index (κ2) is 6.85. The predicted molar refractivity (Wildman–Crippen MR) is 102 cm³/mol. The third-order valence-corrected chi connectivity index (χ3v) is 4.32. The number of aryl methyl sites for hydroxylation is 1. The van der Waals surface area contributed by atoms with Gasteiger partial charge in [0.2, 0.25) is 16.9 Å². The van der Waals surface area contributed by atoms with Gasteiger partial charge in [0, 0.05) is 16.9 Å². The Morgan fingerprint density at radius 1 is 1.19 bits per heavy atom. The van der Waals surface area contributed by atoms with Gasteiger partial charge >= 0.3 is 5.97 Å². The van der Waals surface area contributed by atoms with Crippen molar-refractivity contribution < 1.29 is 18.4 Å². The standard InChI is InChI=1S/C20H12BrNO5/c1-11-4-5-14-16(7-11)26-18(15-3-2-6-25-15)19(17(14)23)27-20(24)12-8-13(21)10-22-9-12/h2-10H,1H3. The van der Waals surface area contributed by atoms with Gasteiger partial charge in [0.15, 0.2) is 5.76 Å². The second-order valence-corrected chi connectivity index (χ2v) is 6.76. The first-order valence-corrected chi connectivity index (χ1v) is 8.76. The van der Waals surface area contributed by atoms with Crippen molar-refractivity contribution in [2.45, 2.75) is 6.92 Å². The zero-order valence-electron chi connectivity index (χ0n) is 14.1. The fourth-order valence-electron chi connectivity index (χ4n) is 2.62. The Labute approximate surface area is 161 Å². The molecular weight excluding hydrogens is 414 g/mol. The monoisotopic (exact) mass is 425 g/mol. The Morgan fingerprint density at radius 2 is 2.04 bits per heavy atom. The number of furan rings is 1. The summed E-state index contributed by atoms with van der Waals surface area (Å²) in [6, 6.07) is 9.99. The van der Waals surface area contributed by atoms with Crippen LogP contribution >= 0.6 is 15.9 Å². The van der Waals surface area contributed by atoms with Crippen molar-refractivity contribution in [1.29, 1.82) is 0 Å². The summed E-state index contributed by atoms with van der Waals surface area (Å²) in [6.45, 7) is 1.89. The van der Waals surface area contributed by atoms with E-state index in [1.165, 1.54) is 18.7 Å². The minimum absolute atomic E-state index is 0.0550. The van der Waals surface area contributed by atoms with E-state index in [-0.39, 0.29) is 22.8 Å². The van der Waals surface area contributed by atoms with E-state index in [9.17, 15) is 9.59 Å². The maximum absolute atomic E-state index is 13.0. The zero-order valence-corrected chi connectivity index (χ0v) is 15.6. The van der Waals surface area contributed by atoms with E-state index in [1.54, 1.807) is 36.4 Å². The maximum atomic E-state index is 13.0. The molecular formula is C20H12BrNO5. The molecule has 0 saturated carbocycles. The molecule has 0 atom stereocenters. The number of pyridine rings is 1. The molecule has 0 aliphatic carbocycles. The third kappa shape index (κ3) is 3.29. The Kier molecular flexibility index (Phi) is 4.37. The van der Waals surface area contributed by atoms with Crippen LogP contribution in [0, 0.1) is 6.92 Å². The van der Waals surface area contributed by atoms with Crippen LogP contribution in [0.2, 0.25) is 0 Å². The van der Waals surface area contributed by atoms with Crippen LogP contribution in [0.15, 0.2) is 73.2 Å². The number of esters is 1. The maximum Gasteiger partial charge on any atom is 0.345 e. The Hall–Kier alpha value is -3.19. The summed E-state index contributed by atoms with van der Waals surface area (Å²) in [5.41, 5.74) is 1.05. The molecule has 0 aliphatic rings. The molecule has 6 nitrogen and oxygen atoms in total. The lowest BCUT2D eigenvalue weighted by Crippen LogP contribution is -2.16. The van der Waals surface area contributed by atoms with Crippen molar-refractivity contribution in [3.05, 3.63) is 80.9 Å². The van der Waals surface area contributed by atoms with Crippen LogP contribution in [0.4, 0.5) is 0 Å². The molecule has 0 radical (unpaired) electrons. The average Bonchev–Trinajstić information content (AvgIpc) is 3.18. The summed E-state index contributed by atoms with van der Waals surface area (Å²) in [7, 11) is 0. The second-order valence-electron chi connectivity index (χ2n) is 5.85. The SMILES string of the molecule is Cc1ccc2c(=O)c(OC(=O)c3cncc(Br)c3)c(-c3ccco3)oc2c1. The topological polar surface area (TPSA) is 82.5 Å². The van der Waals surface area contributed by atoms with Crippen LogP contribution in [-0.4, -0.2) is 11.0 Å². The molecule has 0 fully saturated rings. The van der Waals surface area contributed by atoms with Gasteiger partial charge in [-0.05, 0) is 58.7 Å². The number of rotatable bonds is 3. The van der Waals surface area contributed by atoms with Crippen LogP contribution in [0.3, 0.4) is 0 Å². The normalized spacial score (nSPS) is 10.9. The van der Waals surface area contributed by atoms with Gasteiger partial charge in [-0.25, -0.2) is 4.79 Å². The summed E-state index contributed by atoms with van der Waals surface area (Å²) in [6.07, 6.45) is 4.34. The van der Waals surface area contributed by atoms with Crippen LogP contribution in [0.5, 0.6) is 5.75 Å². The molecule has 4 aromatic rings. The molecule has 27 heavy (non-hydrogen) atoms. The van der Waals surface area contributed by atoms with Crippen LogP contribution in [0.25, 0.3) is 22.5 Å². The van der Waals surface area contributed by atoms with Gasteiger partial charge in [-0.2, -0.15) is 0 Å². The quantitative estimate of drug-likeness (QED) is 0.441. The lowest BCUT2D eigenvalue weighted by Gasteiger charge is -2.09. The fourth-order valence-corrected chi connectivity index (χ4v) is 2.99. The highest BCUT2D eigenvalue weighted by Gasteiger charge is 2.23. The summed E-state index contributed by atoms with van der Waals surface area (Å²) in [5, 5.41) is 0.311. The van der Waals surface area contributed by atoms with Gasteiger partial charge in [-0.15, -0.1) is 0 Å². The highest BCUT2D eigenvalue weighted by Crippen LogP contribution is 2.32. The van der Waals surface area contributed by atoms with Crippen molar-refractivity contribution >= 4 is 32.9 Å². The predicted octanol–water partition coefficient (Wildman–Crippen LogP) is 4.74. The van der Waals surface area contributed by atoms with Crippen LogP contribution in [-0.2, 0) is 0 Å². The third-order valence-electron chi connectivity index (χ3n) is 3.89. The number of nitrogens with zero attached hydrogens (tertiary/aromatic N) is 1. The molecule has 4 rings (SSSR count). The van der Waals surface area contributed by atoms with E-state index >= 15 is 0 Å². The molecule has 3 aromatic heterocycles. The molecule has 0 spiro atoms. The molecule has 1 aromatic carbocycles. The van der Waals surface area contributed by atoms with Gasteiger partial charge in [0.05, 0.1) is 17.2 Å². The largest absolute Gasteiger partial charge is 0.461 e. The number of halogens is 1. The number of carbonyl (C=O) groups excluding carboxylic acids is 1. The summed E-state index contributed by atoms with van der Waals surface area (Å²) in [5.74, 6) is -0.619. The molecule has 0 saturated heterocycles. The number of fused-ring (bicyclic) bond motifs is 1. The Morgan fingerprint density at radius 3 is 2.78 bits per heavy atom. The number of ether oxygens (including phenoxy) is 1. The van der Waals surface area contributed by atoms with Gasteiger partial charge in [-0.3, -0.25) is 9.78 Å². The number of hydrogen-bond donors (Lipinski definition) is 0. The van der Waals surface area contributed by atoms with Crippen molar-refractivity contribution in [2.24, 2.45) is 0 Å². The minimum atomic E-state index is -0.727. The number of benzene rings is 1. The highest BCUT2D eigenvalue weighted by molar-refractivity contribution is 9.10. The van der Waals surface area contributed by atoms with E-state index in [4.69, 9.17) is 13.6 Å². The first kappa shape index (κ1) is 17.2. The van der Waals surface area contributed by atoms with E-state index < -0.39 is 11.4 Å². The minimum Gasteiger partial charge on any atom is -0.461 e. The highest BCUT2D eigenvalue weighted by atomic mass is 79.9. The van der Waals surface area contributed by atoms with Gasteiger partial charge < -0.3 is 13.6 Å². The Bertz CT molecular complexity index is 1210. The average molecular weight is 426 g/mol. The van der Waals surface area contributed by atoms with E-state index in [0.717, 1.165) is 5.56 Å². The molecule has 7 heteroatoms. The molecule has 0 aliphatic heterocycles. The fraction of sp³-hybridized carbons (Fsp3) is 0.0500. The molecule has 0 bridgehead atoms. The summed E-state index contributed by atoms with van der Waals surface area (Å²) >= 11 is 3.25. The lowest BCUT2D eigenvalue weighted by molar-refractivity contribution is 0.0730. The van der Waals surface area contributed by atoms with Gasteiger partial charge in [-0.1, -0.05) is 6.07 Å². The number of carbonyl (C=O) groups is 1. The lowest BCUT2D eigenvalue weighted by atomic mass is 10.1. The zero-order chi connectivity index (χ0) is 19.0. The van der Waals surface area contributed by atoms with Crippen molar-refractivity contribution in [2.75, 3.05) is 0 Å². The van der Waals surface area contributed by atoms with Crippen LogP contribution in [0.1, 0.15) is 15.9 Å². The van der Waals surface area contributed by atoms with E-state index in [0.29, 0.717) is 15.4 Å². The summed E-state index contributed by atoms with van der Waals surface area (Å²) < 4.78 is 17.2. The molecule has 0 N–H and O–H groups in total. The van der Waals surface area contributed by atoms with E-state index in [1.807, 2.05) is 6.92 Å². The van der Waals surface area contributed by atoms with Crippen LogP contribution < -0.4 is 10.2 Å². The first-order valence-electron chi connectivity index (χ1n) is 7.97.